The molecule has 0 amide bonds. The van der Waals surface area contributed by atoms with Gasteiger partial charge >= 0.3 is 0 Å². The van der Waals surface area contributed by atoms with Crippen LogP contribution in [0.15, 0.2) is 0 Å². The molecule has 0 aromatic heterocycles. The number of nitriles is 1. The Bertz CT molecular complexity index is 278. The summed E-state index contributed by atoms with van der Waals surface area (Å²) >= 11 is 0. The van der Waals surface area contributed by atoms with Gasteiger partial charge in [-0.3, -0.25) is 0 Å². The molecule has 0 aromatic carbocycles. The predicted molar refractivity (Wildman–Crippen MR) is 76.1 cm³/mol. The Labute approximate surface area is 112 Å². The van der Waals surface area contributed by atoms with Gasteiger partial charge in [0.15, 0.2) is 0 Å². The Morgan fingerprint density at radius 3 is 2.78 bits per heavy atom. The monoisotopic (exact) mass is 251 g/mol. The fourth-order valence-electron chi connectivity index (χ4n) is 2.68. The lowest BCUT2D eigenvalue weighted by Gasteiger charge is -2.34. The molecule has 0 spiro atoms. The van der Waals surface area contributed by atoms with Gasteiger partial charge in [0.05, 0.1) is 11.5 Å². The highest BCUT2D eigenvalue weighted by molar-refractivity contribution is 4.91. The van der Waals surface area contributed by atoms with Crippen LogP contribution < -0.4 is 5.73 Å². The summed E-state index contributed by atoms with van der Waals surface area (Å²) in [5, 5.41) is 8.96. The van der Waals surface area contributed by atoms with Crippen LogP contribution >= 0.6 is 0 Å². The van der Waals surface area contributed by atoms with Crippen molar-refractivity contribution in [1.29, 1.82) is 5.26 Å². The molecule has 0 aromatic rings. The van der Waals surface area contributed by atoms with Crippen molar-refractivity contribution in [1.82, 2.24) is 4.90 Å². The molecule has 1 rings (SSSR count). The molecule has 1 aliphatic heterocycles. The van der Waals surface area contributed by atoms with E-state index in [9.17, 15) is 0 Å². The second-order valence-electron chi connectivity index (χ2n) is 6.51. The smallest absolute Gasteiger partial charge is 0.0683 e. The number of likely N-dealkylation sites (tertiary alicyclic amines) is 1. The van der Waals surface area contributed by atoms with Crippen LogP contribution in [-0.2, 0) is 0 Å². The van der Waals surface area contributed by atoms with Gasteiger partial charge < -0.3 is 10.6 Å². The van der Waals surface area contributed by atoms with Gasteiger partial charge in [-0.05, 0) is 65.5 Å². The molecule has 2 N–H and O–H groups in total. The third-order valence-corrected chi connectivity index (χ3v) is 4.11. The van der Waals surface area contributed by atoms with Gasteiger partial charge in [-0.2, -0.15) is 5.26 Å². The molecular weight excluding hydrogens is 222 g/mol. The number of hydrogen-bond donors (Lipinski definition) is 1. The fraction of sp³-hybridized carbons (Fsp3) is 0.933. The molecule has 0 radical (unpaired) electrons. The molecular formula is C15H29N3. The average Bonchev–Trinajstić information content (AvgIpc) is 2.35. The van der Waals surface area contributed by atoms with Crippen LogP contribution in [-0.4, -0.2) is 30.6 Å². The highest BCUT2D eigenvalue weighted by atomic mass is 15.1. The lowest BCUT2D eigenvalue weighted by atomic mass is 9.88. The van der Waals surface area contributed by atoms with E-state index in [2.05, 4.69) is 17.9 Å². The second-order valence-corrected chi connectivity index (χ2v) is 6.51. The highest BCUT2D eigenvalue weighted by Crippen LogP contribution is 2.23. The first-order chi connectivity index (χ1) is 8.44. The van der Waals surface area contributed by atoms with E-state index >= 15 is 0 Å². The first kappa shape index (κ1) is 15.5. The van der Waals surface area contributed by atoms with E-state index in [1.54, 1.807) is 0 Å². The van der Waals surface area contributed by atoms with E-state index in [1.807, 2.05) is 13.8 Å². The van der Waals surface area contributed by atoms with Crippen molar-refractivity contribution in [2.24, 2.45) is 17.1 Å². The Kier molecular flexibility index (Phi) is 6.11. The Morgan fingerprint density at radius 2 is 2.17 bits per heavy atom. The van der Waals surface area contributed by atoms with Crippen molar-refractivity contribution >= 4 is 0 Å². The Morgan fingerprint density at radius 1 is 1.44 bits per heavy atom. The van der Waals surface area contributed by atoms with Crippen LogP contribution in [0.1, 0.15) is 52.9 Å². The van der Waals surface area contributed by atoms with Crippen LogP contribution in [0, 0.1) is 22.7 Å². The van der Waals surface area contributed by atoms with E-state index in [1.165, 1.54) is 38.9 Å². The lowest BCUT2D eigenvalue weighted by molar-refractivity contribution is 0.157. The third kappa shape index (κ3) is 5.37. The molecule has 2 atom stereocenters. The van der Waals surface area contributed by atoms with E-state index in [0.29, 0.717) is 12.0 Å². The summed E-state index contributed by atoms with van der Waals surface area (Å²) < 4.78 is 0. The molecule has 18 heavy (non-hydrogen) atoms. The van der Waals surface area contributed by atoms with Crippen molar-refractivity contribution in [3.8, 4) is 6.07 Å². The van der Waals surface area contributed by atoms with E-state index in [4.69, 9.17) is 11.0 Å². The second kappa shape index (κ2) is 7.11. The molecule has 1 heterocycles. The van der Waals surface area contributed by atoms with Crippen molar-refractivity contribution in [3.63, 3.8) is 0 Å². The largest absolute Gasteiger partial charge is 0.328 e. The molecule has 3 nitrogen and oxygen atoms in total. The normalized spacial score (nSPS) is 23.6. The summed E-state index contributed by atoms with van der Waals surface area (Å²) in [6, 6.07) is 2.70. The predicted octanol–water partition coefficient (Wildman–Crippen LogP) is 2.77. The molecule has 3 heteroatoms. The van der Waals surface area contributed by atoms with Gasteiger partial charge in [0.25, 0.3) is 0 Å². The summed E-state index contributed by atoms with van der Waals surface area (Å²) in [6.07, 6.45) is 5.94. The minimum atomic E-state index is -0.157. The summed E-state index contributed by atoms with van der Waals surface area (Å²) in [7, 11) is 0. The maximum absolute atomic E-state index is 8.96. The Hall–Kier alpha value is -0.590. The SMILES string of the molecule is CC(N)C1CCCN(CCCCC(C)(C)C#N)C1. The van der Waals surface area contributed by atoms with Gasteiger partial charge in [-0.15, -0.1) is 0 Å². The van der Waals surface area contributed by atoms with Crippen LogP contribution in [0.25, 0.3) is 0 Å². The van der Waals surface area contributed by atoms with Gasteiger partial charge in [0.1, 0.15) is 0 Å². The first-order valence-corrected chi connectivity index (χ1v) is 7.34. The van der Waals surface area contributed by atoms with Gasteiger partial charge in [0, 0.05) is 12.6 Å². The van der Waals surface area contributed by atoms with E-state index in [-0.39, 0.29) is 5.41 Å². The number of nitrogens with zero attached hydrogens (tertiary/aromatic N) is 2. The minimum Gasteiger partial charge on any atom is -0.328 e. The van der Waals surface area contributed by atoms with Gasteiger partial charge in [-0.1, -0.05) is 6.42 Å². The summed E-state index contributed by atoms with van der Waals surface area (Å²) in [5.41, 5.74) is 5.84. The molecule has 1 saturated heterocycles. The van der Waals surface area contributed by atoms with Gasteiger partial charge in [0.2, 0.25) is 0 Å². The number of piperidine rings is 1. The Balaban J connectivity index is 2.18. The quantitative estimate of drug-likeness (QED) is 0.739. The maximum atomic E-state index is 8.96. The topological polar surface area (TPSA) is 53.0 Å². The zero-order valence-corrected chi connectivity index (χ0v) is 12.3. The number of rotatable bonds is 6. The number of unbranched alkanes of at least 4 members (excludes halogenated alkanes) is 1. The van der Waals surface area contributed by atoms with E-state index < -0.39 is 0 Å². The number of hydrogen-bond acceptors (Lipinski definition) is 3. The summed E-state index contributed by atoms with van der Waals surface area (Å²) in [6.45, 7) is 9.75. The number of nitrogens with two attached hydrogens (primary N) is 1. The average molecular weight is 251 g/mol. The van der Waals surface area contributed by atoms with Crippen molar-refractivity contribution in [3.05, 3.63) is 0 Å². The fourth-order valence-corrected chi connectivity index (χ4v) is 2.68. The molecule has 1 fully saturated rings. The molecule has 0 aliphatic carbocycles. The first-order valence-electron chi connectivity index (χ1n) is 7.34. The van der Waals surface area contributed by atoms with E-state index in [0.717, 1.165) is 12.8 Å². The maximum Gasteiger partial charge on any atom is 0.0683 e. The van der Waals surface area contributed by atoms with Crippen molar-refractivity contribution in [2.75, 3.05) is 19.6 Å². The zero-order chi connectivity index (χ0) is 13.6. The van der Waals surface area contributed by atoms with Crippen LogP contribution in [0.5, 0.6) is 0 Å². The highest BCUT2D eigenvalue weighted by Gasteiger charge is 2.22. The third-order valence-electron chi connectivity index (χ3n) is 4.11. The molecule has 0 bridgehead atoms. The molecule has 1 aliphatic rings. The molecule has 0 saturated carbocycles. The standard InChI is InChI=1S/C15H29N3/c1-13(17)14-7-6-10-18(11-14)9-5-4-8-15(2,3)12-16/h13-14H,4-11,17H2,1-3H3. The molecule has 104 valence electrons. The van der Waals surface area contributed by atoms with Crippen LogP contribution in [0.4, 0.5) is 0 Å². The summed E-state index contributed by atoms with van der Waals surface area (Å²) in [4.78, 5) is 2.55. The van der Waals surface area contributed by atoms with Crippen LogP contribution in [0.2, 0.25) is 0 Å². The van der Waals surface area contributed by atoms with Crippen LogP contribution in [0.3, 0.4) is 0 Å². The minimum absolute atomic E-state index is 0.157. The zero-order valence-electron chi connectivity index (χ0n) is 12.3. The van der Waals surface area contributed by atoms with Gasteiger partial charge in [-0.25, -0.2) is 0 Å². The van der Waals surface area contributed by atoms with Crippen molar-refractivity contribution < 1.29 is 0 Å². The molecule has 2 unspecified atom stereocenters. The van der Waals surface area contributed by atoms with Crippen molar-refractivity contribution in [2.45, 2.75) is 58.9 Å². The summed E-state index contributed by atoms with van der Waals surface area (Å²) in [5.74, 6) is 0.675. The lowest BCUT2D eigenvalue weighted by Crippen LogP contribution is -2.42.